The zero-order valence-corrected chi connectivity index (χ0v) is 11.1. The summed E-state index contributed by atoms with van der Waals surface area (Å²) < 4.78 is 5.75. The van der Waals surface area contributed by atoms with E-state index in [9.17, 15) is 9.90 Å². The minimum absolute atomic E-state index is 0.180. The molecule has 3 rings (SSSR count). The van der Waals surface area contributed by atoms with Crippen molar-refractivity contribution in [2.24, 2.45) is 5.73 Å². The predicted molar refractivity (Wildman–Crippen MR) is 71.8 cm³/mol. The van der Waals surface area contributed by atoms with Gasteiger partial charge in [0.15, 0.2) is 0 Å². The monoisotopic (exact) mass is 262 g/mol. The van der Waals surface area contributed by atoms with Gasteiger partial charge in [0, 0.05) is 37.7 Å². The van der Waals surface area contributed by atoms with Crippen molar-refractivity contribution in [3.8, 4) is 5.75 Å². The number of carbonyl (C=O) groups is 1. The largest absolute Gasteiger partial charge is 0.490 e. The summed E-state index contributed by atoms with van der Waals surface area (Å²) in [7, 11) is 1.89. The van der Waals surface area contributed by atoms with Crippen molar-refractivity contribution < 1.29 is 14.6 Å². The van der Waals surface area contributed by atoms with E-state index >= 15 is 0 Å². The van der Waals surface area contributed by atoms with Crippen LogP contribution in [-0.2, 0) is 17.6 Å². The lowest BCUT2D eigenvalue weighted by Crippen LogP contribution is -2.59. The van der Waals surface area contributed by atoms with E-state index in [-0.39, 0.29) is 6.10 Å². The molecule has 0 aromatic heterocycles. The molecule has 0 amide bonds. The minimum atomic E-state index is -1.21. The van der Waals surface area contributed by atoms with Crippen LogP contribution >= 0.6 is 0 Å². The van der Waals surface area contributed by atoms with E-state index in [1.807, 2.05) is 31.0 Å². The number of anilines is 1. The second kappa shape index (κ2) is 3.87. The van der Waals surface area contributed by atoms with E-state index in [0.717, 1.165) is 23.4 Å². The fourth-order valence-electron chi connectivity index (χ4n) is 3.18. The maximum Gasteiger partial charge on any atom is 0.325 e. The molecule has 2 unspecified atom stereocenters. The Morgan fingerprint density at radius 3 is 3.00 bits per heavy atom. The highest BCUT2D eigenvalue weighted by atomic mass is 16.5. The summed E-state index contributed by atoms with van der Waals surface area (Å²) in [6.45, 7) is 2.36. The third-order valence-corrected chi connectivity index (χ3v) is 3.98. The van der Waals surface area contributed by atoms with Crippen LogP contribution in [0.4, 0.5) is 5.69 Å². The van der Waals surface area contributed by atoms with Crippen LogP contribution in [-0.4, -0.2) is 36.3 Å². The van der Waals surface area contributed by atoms with Crippen LogP contribution < -0.4 is 15.4 Å². The molecule has 5 nitrogen and oxygen atoms in total. The molecule has 2 aliphatic rings. The Labute approximate surface area is 112 Å². The molecule has 102 valence electrons. The van der Waals surface area contributed by atoms with Gasteiger partial charge < -0.3 is 20.5 Å². The first-order valence-electron chi connectivity index (χ1n) is 6.45. The van der Waals surface area contributed by atoms with Gasteiger partial charge in [-0.2, -0.15) is 0 Å². The molecule has 2 atom stereocenters. The summed E-state index contributed by atoms with van der Waals surface area (Å²) in [5.41, 5.74) is 8.08. The molecule has 3 N–H and O–H groups in total. The number of aliphatic carboxylic acids is 1. The number of ether oxygens (including phenoxy) is 1. The normalized spacial score (nSPS) is 28.6. The van der Waals surface area contributed by atoms with Crippen molar-refractivity contribution in [3.63, 3.8) is 0 Å². The molecule has 19 heavy (non-hydrogen) atoms. The van der Waals surface area contributed by atoms with Gasteiger partial charge in [-0.15, -0.1) is 0 Å². The maximum absolute atomic E-state index is 11.3. The van der Waals surface area contributed by atoms with Crippen LogP contribution in [0.1, 0.15) is 18.1 Å². The highest BCUT2D eigenvalue weighted by molar-refractivity contribution is 5.83. The lowest BCUT2D eigenvalue weighted by atomic mass is 9.84. The van der Waals surface area contributed by atoms with Gasteiger partial charge in [0.25, 0.3) is 0 Å². The first-order valence-corrected chi connectivity index (χ1v) is 6.45. The quantitative estimate of drug-likeness (QED) is 0.782. The third-order valence-electron chi connectivity index (χ3n) is 3.98. The van der Waals surface area contributed by atoms with Crippen LogP contribution in [0.2, 0.25) is 0 Å². The van der Waals surface area contributed by atoms with Gasteiger partial charge in [0.2, 0.25) is 0 Å². The summed E-state index contributed by atoms with van der Waals surface area (Å²) >= 11 is 0. The number of hydrogen-bond acceptors (Lipinski definition) is 4. The van der Waals surface area contributed by atoms with Crippen LogP contribution in [0.15, 0.2) is 12.1 Å². The molecular weight excluding hydrogens is 244 g/mol. The number of carboxylic acids is 1. The maximum atomic E-state index is 11.3. The minimum Gasteiger partial charge on any atom is -0.490 e. The smallest absolute Gasteiger partial charge is 0.325 e. The number of benzene rings is 1. The molecule has 2 aliphatic heterocycles. The van der Waals surface area contributed by atoms with Gasteiger partial charge in [-0.1, -0.05) is 6.07 Å². The van der Waals surface area contributed by atoms with E-state index in [1.165, 1.54) is 5.56 Å². The Morgan fingerprint density at radius 1 is 1.58 bits per heavy atom. The average molecular weight is 262 g/mol. The predicted octanol–water partition coefficient (Wildman–Crippen LogP) is 0.784. The summed E-state index contributed by atoms with van der Waals surface area (Å²) in [6, 6.07) is 3.87. The molecule has 0 fully saturated rings. The molecule has 1 aromatic carbocycles. The van der Waals surface area contributed by atoms with E-state index in [2.05, 4.69) is 0 Å². The average Bonchev–Trinajstić information content (AvgIpc) is 2.68. The van der Waals surface area contributed by atoms with Crippen molar-refractivity contribution >= 4 is 11.7 Å². The van der Waals surface area contributed by atoms with Crippen LogP contribution in [0.5, 0.6) is 5.75 Å². The molecule has 0 radical (unpaired) electrons. The van der Waals surface area contributed by atoms with Crippen molar-refractivity contribution in [2.75, 3.05) is 18.5 Å². The number of nitrogens with zero attached hydrogens (tertiary/aromatic N) is 1. The Balaban J connectivity index is 2.08. The van der Waals surface area contributed by atoms with Gasteiger partial charge in [-0.05, 0) is 18.6 Å². The van der Waals surface area contributed by atoms with Gasteiger partial charge in [-0.3, -0.25) is 4.79 Å². The Hall–Kier alpha value is -1.75. The second-order valence-electron chi connectivity index (χ2n) is 5.68. The number of rotatable bonds is 1. The molecular formula is C14H18N2O3. The summed E-state index contributed by atoms with van der Waals surface area (Å²) in [5, 5.41) is 9.30. The first-order chi connectivity index (χ1) is 8.90. The molecule has 2 heterocycles. The summed E-state index contributed by atoms with van der Waals surface area (Å²) in [6.07, 6.45) is 1.41. The summed E-state index contributed by atoms with van der Waals surface area (Å²) in [5.74, 6) is -0.0342. The molecule has 0 bridgehead atoms. The molecule has 0 spiro atoms. The standard InChI is InChI=1S/C14H18N2O3/c1-8-5-10-11(19-8)4-3-9-6-14(15,13(17)18)7-16(2)12(9)10/h3-4,8H,5-7,15H2,1-2H3,(H,17,18). The molecule has 0 saturated carbocycles. The van der Waals surface area contributed by atoms with Gasteiger partial charge in [0.05, 0.1) is 0 Å². The lowest BCUT2D eigenvalue weighted by molar-refractivity contribution is -0.143. The Kier molecular flexibility index (Phi) is 2.50. The highest BCUT2D eigenvalue weighted by Crippen LogP contribution is 2.41. The first kappa shape index (κ1) is 12.3. The molecule has 0 aliphatic carbocycles. The van der Waals surface area contributed by atoms with Crippen molar-refractivity contribution in [2.45, 2.75) is 31.4 Å². The number of fused-ring (bicyclic) bond motifs is 3. The zero-order chi connectivity index (χ0) is 13.8. The molecule has 5 heteroatoms. The van der Waals surface area contributed by atoms with Crippen LogP contribution in [0.25, 0.3) is 0 Å². The third kappa shape index (κ3) is 1.76. The topological polar surface area (TPSA) is 75.8 Å². The fraction of sp³-hybridized carbons (Fsp3) is 0.500. The Morgan fingerprint density at radius 2 is 2.32 bits per heavy atom. The summed E-state index contributed by atoms with van der Waals surface area (Å²) in [4.78, 5) is 13.3. The van der Waals surface area contributed by atoms with E-state index in [4.69, 9.17) is 10.5 Å². The van der Waals surface area contributed by atoms with Gasteiger partial charge in [0.1, 0.15) is 17.4 Å². The fourth-order valence-corrected chi connectivity index (χ4v) is 3.18. The number of carboxylic acid groups (broad SMARTS) is 1. The van der Waals surface area contributed by atoms with Crippen LogP contribution in [0.3, 0.4) is 0 Å². The number of hydrogen-bond donors (Lipinski definition) is 2. The zero-order valence-electron chi connectivity index (χ0n) is 11.1. The second-order valence-corrected chi connectivity index (χ2v) is 5.68. The van der Waals surface area contributed by atoms with Gasteiger partial charge in [-0.25, -0.2) is 0 Å². The Bertz CT molecular complexity index is 558. The number of likely N-dealkylation sites (N-methyl/N-ethyl adjacent to an activating group) is 1. The van der Waals surface area contributed by atoms with Crippen molar-refractivity contribution in [1.82, 2.24) is 0 Å². The highest BCUT2D eigenvalue weighted by Gasteiger charge is 2.41. The van der Waals surface area contributed by atoms with E-state index < -0.39 is 11.5 Å². The molecule has 0 saturated heterocycles. The van der Waals surface area contributed by atoms with E-state index in [0.29, 0.717) is 13.0 Å². The molecule has 1 aromatic rings. The lowest BCUT2D eigenvalue weighted by Gasteiger charge is -2.38. The van der Waals surface area contributed by atoms with Crippen LogP contribution in [0, 0.1) is 0 Å². The SMILES string of the molecule is CC1Cc2c(ccc3c2N(C)CC(N)(C(=O)O)C3)O1. The van der Waals surface area contributed by atoms with Crippen molar-refractivity contribution in [1.29, 1.82) is 0 Å². The number of nitrogens with two attached hydrogens (primary N) is 1. The van der Waals surface area contributed by atoms with E-state index in [1.54, 1.807) is 0 Å². The van der Waals surface area contributed by atoms with Gasteiger partial charge >= 0.3 is 5.97 Å². The van der Waals surface area contributed by atoms with Crippen molar-refractivity contribution in [3.05, 3.63) is 23.3 Å².